The Kier molecular flexibility index (Phi) is 7.95. The molecule has 8 nitrogen and oxygen atoms in total. The predicted molar refractivity (Wildman–Crippen MR) is 155 cm³/mol. The second kappa shape index (κ2) is 11.7. The second-order valence-electron chi connectivity index (χ2n) is 14.7. The van der Waals surface area contributed by atoms with Crippen LogP contribution in [0.25, 0.3) is 0 Å². The summed E-state index contributed by atoms with van der Waals surface area (Å²) in [6.45, 7) is 2.97. The molecular formula is C34H48N2O6. The number of fused-ring (bicyclic) bond motifs is 10. The summed E-state index contributed by atoms with van der Waals surface area (Å²) in [5.41, 5.74) is 1.35. The number of methoxy groups -OCH3 is 1. The van der Waals surface area contributed by atoms with Gasteiger partial charge in [-0.1, -0.05) is 5.57 Å². The van der Waals surface area contributed by atoms with Gasteiger partial charge in [0.25, 0.3) is 0 Å². The molecule has 0 spiro atoms. The number of rotatable bonds is 5. The number of carbonyl (C=O) groups is 4. The number of hydrogen-bond donors (Lipinski definition) is 1. The smallest absolute Gasteiger partial charge is 0.325 e. The molecule has 42 heavy (non-hydrogen) atoms. The fraction of sp³-hybridized carbons (Fsp3) is 0.824. The Bertz CT molecular complexity index is 1130. The molecule has 10 atom stereocenters. The van der Waals surface area contributed by atoms with E-state index in [1.165, 1.54) is 25.5 Å². The SMILES string of the molecule is COC(=O)C1CCC2CCC3C(=CC(=O)C4C5CCC(C(=O)NCC(=O)O[C@H]6CN7CCC6CC7)CC5CCC34)C2C1. The molecule has 1 amide bonds. The third-order valence-electron chi connectivity index (χ3n) is 12.9. The summed E-state index contributed by atoms with van der Waals surface area (Å²) in [6, 6.07) is 0. The average Bonchev–Trinajstić information content (AvgIpc) is 3.03. The van der Waals surface area contributed by atoms with E-state index in [0.717, 1.165) is 83.8 Å². The summed E-state index contributed by atoms with van der Waals surface area (Å²) < 4.78 is 10.8. The van der Waals surface area contributed by atoms with Crippen molar-refractivity contribution in [1.29, 1.82) is 0 Å². The van der Waals surface area contributed by atoms with E-state index in [2.05, 4.69) is 10.2 Å². The number of nitrogens with zero attached hydrogens (tertiary/aromatic N) is 1. The van der Waals surface area contributed by atoms with Crippen LogP contribution in [0, 0.1) is 59.2 Å². The molecule has 2 bridgehead atoms. The lowest BCUT2D eigenvalue weighted by Gasteiger charge is -2.54. The van der Waals surface area contributed by atoms with Crippen LogP contribution in [0.4, 0.5) is 0 Å². The highest BCUT2D eigenvalue weighted by Gasteiger charge is 2.53. The van der Waals surface area contributed by atoms with Crippen LogP contribution >= 0.6 is 0 Å². The largest absolute Gasteiger partial charge is 0.469 e. The molecular weight excluding hydrogens is 532 g/mol. The van der Waals surface area contributed by atoms with Crippen molar-refractivity contribution in [3.05, 3.63) is 11.6 Å². The quantitative estimate of drug-likeness (QED) is 0.492. The van der Waals surface area contributed by atoms with E-state index in [4.69, 9.17) is 9.47 Å². The normalized spacial score (nSPS) is 43.9. The van der Waals surface area contributed by atoms with E-state index >= 15 is 0 Å². The molecule has 0 radical (unpaired) electrons. The zero-order valence-corrected chi connectivity index (χ0v) is 25.1. The Balaban J connectivity index is 0.949. The van der Waals surface area contributed by atoms with Crippen molar-refractivity contribution in [3.63, 3.8) is 0 Å². The van der Waals surface area contributed by atoms with Crippen LogP contribution < -0.4 is 5.32 Å². The first-order chi connectivity index (χ1) is 20.4. The molecule has 9 unspecified atom stereocenters. The van der Waals surface area contributed by atoms with E-state index in [1.54, 1.807) is 0 Å². The van der Waals surface area contributed by atoms with E-state index in [9.17, 15) is 19.2 Å². The predicted octanol–water partition coefficient (Wildman–Crippen LogP) is 3.92. The number of amides is 1. The van der Waals surface area contributed by atoms with Crippen LogP contribution in [0.5, 0.6) is 0 Å². The summed E-state index contributed by atoms with van der Waals surface area (Å²) >= 11 is 0. The number of nitrogens with one attached hydrogen (secondary N) is 1. The molecule has 7 fully saturated rings. The molecule has 8 aliphatic rings. The zero-order valence-electron chi connectivity index (χ0n) is 25.1. The van der Waals surface area contributed by atoms with Gasteiger partial charge in [-0.3, -0.25) is 24.1 Å². The standard InChI is InChI=1S/C34H48N2O6/c1-41-34(40)23-3-2-19-4-8-25-26-9-5-21-14-22(6-7-24(21)32(26)29(37)16-28(25)27(19)15-23)33(39)35-17-31(38)42-30-18-36-12-10-20(30)11-13-36/h16,19-27,30,32H,2-15,17-18H2,1H3,(H,35,39)/t19?,21?,22?,23?,24?,25?,26?,27?,30-,32?/m0/s1. The van der Waals surface area contributed by atoms with Crippen molar-refractivity contribution in [2.24, 2.45) is 59.2 Å². The summed E-state index contributed by atoms with van der Waals surface area (Å²) in [7, 11) is 1.48. The number of ketones is 1. The van der Waals surface area contributed by atoms with Crippen molar-refractivity contribution in [1.82, 2.24) is 10.2 Å². The van der Waals surface area contributed by atoms with E-state index < -0.39 is 0 Å². The van der Waals surface area contributed by atoms with E-state index in [1.807, 2.05) is 6.08 Å². The van der Waals surface area contributed by atoms with Crippen LogP contribution in [-0.2, 0) is 28.7 Å². The molecule has 0 aromatic heterocycles. The number of allylic oxidation sites excluding steroid dienone is 2. The molecule has 5 aliphatic carbocycles. The highest BCUT2D eigenvalue weighted by atomic mass is 16.5. The van der Waals surface area contributed by atoms with Crippen molar-refractivity contribution >= 4 is 23.6 Å². The van der Waals surface area contributed by atoms with Gasteiger partial charge in [0.15, 0.2) is 5.78 Å². The number of esters is 2. The molecule has 0 aromatic carbocycles. The first-order valence-corrected chi connectivity index (χ1v) is 16.9. The van der Waals surface area contributed by atoms with Gasteiger partial charge in [0, 0.05) is 18.4 Å². The van der Waals surface area contributed by atoms with Gasteiger partial charge in [-0.15, -0.1) is 0 Å². The fourth-order valence-electron chi connectivity index (χ4n) is 10.8. The van der Waals surface area contributed by atoms with Crippen LogP contribution in [-0.4, -0.2) is 67.9 Å². The monoisotopic (exact) mass is 580 g/mol. The maximum Gasteiger partial charge on any atom is 0.325 e. The lowest BCUT2D eigenvalue weighted by molar-refractivity contribution is -0.158. The molecule has 0 aromatic rings. The van der Waals surface area contributed by atoms with Crippen molar-refractivity contribution in [2.75, 3.05) is 33.3 Å². The van der Waals surface area contributed by atoms with Gasteiger partial charge in [-0.05, 0) is 138 Å². The number of carbonyl (C=O) groups excluding carboxylic acids is 4. The topological polar surface area (TPSA) is 102 Å². The zero-order chi connectivity index (χ0) is 29.0. The third kappa shape index (κ3) is 5.24. The van der Waals surface area contributed by atoms with Gasteiger partial charge >= 0.3 is 11.9 Å². The van der Waals surface area contributed by atoms with Crippen molar-refractivity contribution in [3.8, 4) is 0 Å². The lowest BCUT2D eigenvalue weighted by atomic mass is 9.50. The second-order valence-corrected chi connectivity index (χ2v) is 14.7. The molecule has 3 heterocycles. The van der Waals surface area contributed by atoms with Crippen molar-refractivity contribution < 1.29 is 28.7 Å². The maximum atomic E-state index is 13.8. The first-order valence-electron chi connectivity index (χ1n) is 16.9. The molecule has 4 saturated carbocycles. The van der Waals surface area contributed by atoms with Gasteiger partial charge in [-0.25, -0.2) is 0 Å². The van der Waals surface area contributed by atoms with Gasteiger partial charge in [0.2, 0.25) is 5.91 Å². The summed E-state index contributed by atoms with van der Waals surface area (Å²) in [6.07, 6.45) is 14.0. The minimum absolute atomic E-state index is 0.0330. The highest BCUT2D eigenvalue weighted by molar-refractivity contribution is 5.94. The molecule has 1 N–H and O–H groups in total. The lowest BCUT2D eigenvalue weighted by Crippen LogP contribution is -2.52. The van der Waals surface area contributed by atoms with Crippen LogP contribution in [0.15, 0.2) is 11.6 Å². The molecule has 8 rings (SSSR count). The maximum absolute atomic E-state index is 13.8. The van der Waals surface area contributed by atoms with Crippen LogP contribution in [0.1, 0.15) is 77.0 Å². The minimum Gasteiger partial charge on any atom is -0.469 e. The summed E-state index contributed by atoms with van der Waals surface area (Å²) in [5, 5.41) is 2.89. The van der Waals surface area contributed by atoms with Gasteiger partial charge in [-0.2, -0.15) is 0 Å². The molecule has 230 valence electrons. The minimum atomic E-state index is -0.322. The van der Waals surface area contributed by atoms with Crippen molar-refractivity contribution in [2.45, 2.75) is 83.2 Å². The number of hydrogen-bond acceptors (Lipinski definition) is 7. The molecule has 3 aliphatic heterocycles. The molecule has 8 heteroatoms. The summed E-state index contributed by atoms with van der Waals surface area (Å²) in [5.74, 6) is 2.83. The Morgan fingerprint density at radius 2 is 1.57 bits per heavy atom. The van der Waals surface area contributed by atoms with Crippen LogP contribution in [0.2, 0.25) is 0 Å². The average molecular weight is 581 g/mol. The van der Waals surface area contributed by atoms with E-state index in [0.29, 0.717) is 47.2 Å². The van der Waals surface area contributed by atoms with Gasteiger partial charge in [0.05, 0.1) is 13.0 Å². The Hall–Kier alpha value is -2.22. The molecule has 3 saturated heterocycles. The highest BCUT2D eigenvalue weighted by Crippen LogP contribution is 2.58. The van der Waals surface area contributed by atoms with Crippen LogP contribution in [0.3, 0.4) is 0 Å². The summed E-state index contributed by atoms with van der Waals surface area (Å²) in [4.78, 5) is 54.2. The number of piperidine rings is 3. The van der Waals surface area contributed by atoms with E-state index in [-0.39, 0.29) is 48.2 Å². The Morgan fingerprint density at radius 1 is 0.833 bits per heavy atom. The Labute approximate surface area is 249 Å². The third-order valence-corrected chi connectivity index (χ3v) is 12.9. The van der Waals surface area contributed by atoms with Gasteiger partial charge in [0.1, 0.15) is 12.6 Å². The number of ether oxygens (including phenoxy) is 2. The van der Waals surface area contributed by atoms with Gasteiger partial charge < -0.3 is 14.8 Å². The fourth-order valence-corrected chi connectivity index (χ4v) is 10.8. The first kappa shape index (κ1) is 28.5. The Morgan fingerprint density at radius 3 is 2.33 bits per heavy atom.